The third-order valence-corrected chi connectivity index (χ3v) is 4.08. The molecule has 0 aromatic heterocycles. The minimum Gasteiger partial charge on any atom is -0.394 e. The predicted molar refractivity (Wildman–Crippen MR) is 90.4 cm³/mol. The van der Waals surface area contributed by atoms with Gasteiger partial charge in [-0.05, 0) is 37.3 Å². The summed E-state index contributed by atoms with van der Waals surface area (Å²) in [5.41, 5.74) is 1.08. The number of para-hydroxylation sites is 1. The molecule has 2 N–H and O–H groups in total. The third kappa shape index (κ3) is 4.55. The van der Waals surface area contributed by atoms with Crippen LogP contribution in [0, 0.1) is 11.8 Å². The van der Waals surface area contributed by atoms with Crippen molar-refractivity contribution in [2.75, 3.05) is 18.6 Å². The molecule has 0 spiro atoms. The SMILES string of the molecule is CC(C)CC(CO)NC(=O)c1ccccc1N(C)C(=O)C1CC1. The van der Waals surface area contributed by atoms with Crippen molar-refractivity contribution in [1.29, 1.82) is 0 Å². The Bertz CT molecular complexity index is 567. The van der Waals surface area contributed by atoms with Gasteiger partial charge in [0.25, 0.3) is 5.91 Å². The second kappa shape index (κ2) is 7.59. The first kappa shape index (κ1) is 17.5. The molecule has 0 heterocycles. The average Bonchev–Trinajstić information content (AvgIpc) is 3.37. The molecular formula is C18H26N2O3. The Balaban J connectivity index is 2.15. The van der Waals surface area contributed by atoms with Gasteiger partial charge in [-0.25, -0.2) is 0 Å². The van der Waals surface area contributed by atoms with Crippen LogP contribution in [-0.4, -0.2) is 36.6 Å². The highest BCUT2D eigenvalue weighted by Crippen LogP contribution is 2.33. The van der Waals surface area contributed by atoms with Crippen molar-refractivity contribution in [3.05, 3.63) is 29.8 Å². The van der Waals surface area contributed by atoms with Crippen LogP contribution in [0.25, 0.3) is 0 Å². The molecular weight excluding hydrogens is 292 g/mol. The molecule has 1 aromatic rings. The number of benzene rings is 1. The van der Waals surface area contributed by atoms with Crippen LogP contribution in [-0.2, 0) is 4.79 Å². The van der Waals surface area contributed by atoms with Crippen LogP contribution in [0.1, 0.15) is 43.5 Å². The smallest absolute Gasteiger partial charge is 0.253 e. The number of aliphatic hydroxyl groups is 1. The van der Waals surface area contributed by atoms with E-state index in [4.69, 9.17) is 0 Å². The molecule has 0 radical (unpaired) electrons. The van der Waals surface area contributed by atoms with Gasteiger partial charge in [-0.1, -0.05) is 26.0 Å². The molecule has 1 atom stereocenters. The quantitative estimate of drug-likeness (QED) is 0.810. The summed E-state index contributed by atoms with van der Waals surface area (Å²) in [5, 5.41) is 12.3. The molecule has 126 valence electrons. The van der Waals surface area contributed by atoms with E-state index in [1.54, 1.807) is 30.1 Å². The Morgan fingerprint density at radius 3 is 2.52 bits per heavy atom. The lowest BCUT2D eigenvalue weighted by Crippen LogP contribution is -2.39. The standard InChI is InChI=1S/C18H26N2O3/c1-12(2)10-14(11-21)19-17(22)15-6-4-5-7-16(15)20(3)18(23)13-8-9-13/h4-7,12-14,21H,8-11H2,1-3H3,(H,19,22). The van der Waals surface area contributed by atoms with Gasteiger partial charge in [0.2, 0.25) is 5.91 Å². The van der Waals surface area contributed by atoms with Crippen LogP contribution < -0.4 is 10.2 Å². The molecule has 2 amide bonds. The highest BCUT2D eigenvalue weighted by atomic mass is 16.3. The molecule has 1 aromatic carbocycles. The van der Waals surface area contributed by atoms with Crippen LogP contribution >= 0.6 is 0 Å². The van der Waals surface area contributed by atoms with Crippen molar-refractivity contribution in [1.82, 2.24) is 5.32 Å². The summed E-state index contributed by atoms with van der Waals surface area (Å²) in [6.45, 7) is 4.00. The number of nitrogens with one attached hydrogen (secondary N) is 1. The second-order valence-electron chi connectivity index (χ2n) is 6.67. The zero-order valence-corrected chi connectivity index (χ0v) is 14.1. The molecule has 5 heteroatoms. The van der Waals surface area contributed by atoms with Crippen LogP contribution in [0.4, 0.5) is 5.69 Å². The Hall–Kier alpha value is -1.88. The molecule has 0 aliphatic heterocycles. The topological polar surface area (TPSA) is 69.6 Å². The summed E-state index contributed by atoms with van der Waals surface area (Å²) in [6, 6.07) is 6.82. The van der Waals surface area contributed by atoms with Gasteiger partial charge in [0, 0.05) is 13.0 Å². The maximum atomic E-state index is 12.6. The van der Waals surface area contributed by atoms with E-state index in [9.17, 15) is 14.7 Å². The van der Waals surface area contributed by atoms with Crippen molar-refractivity contribution in [3.8, 4) is 0 Å². The van der Waals surface area contributed by atoms with Gasteiger partial charge in [0.1, 0.15) is 0 Å². The van der Waals surface area contributed by atoms with E-state index in [0.717, 1.165) is 12.8 Å². The zero-order valence-electron chi connectivity index (χ0n) is 14.1. The van der Waals surface area contributed by atoms with Crippen molar-refractivity contribution >= 4 is 17.5 Å². The van der Waals surface area contributed by atoms with Crippen molar-refractivity contribution < 1.29 is 14.7 Å². The van der Waals surface area contributed by atoms with E-state index in [0.29, 0.717) is 23.6 Å². The van der Waals surface area contributed by atoms with E-state index < -0.39 is 0 Å². The Labute approximate surface area is 137 Å². The van der Waals surface area contributed by atoms with E-state index in [-0.39, 0.29) is 30.4 Å². The number of anilines is 1. The maximum Gasteiger partial charge on any atom is 0.253 e. The summed E-state index contributed by atoms with van der Waals surface area (Å²) in [4.78, 5) is 26.4. The summed E-state index contributed by atoms with van der Waals surface area (Å²) in [5.74, 6) is 0.283. The number of carbonyl (C=O) groups is 2. The van der Waals surface area contributed by atoms with E-state index >= 15 is 0 Å². The van der Waals surface area contributed by atoms with Gasteiger partial charge < -0.3 is 15.3 Å². The van der Waals surface area contributed by atoms with Gasteiger partial charge in [0.15, 0.2) is 0 Å². The van der Waals surface area contributed by atoms with Crippen LogP contribution in [0.3, 0.4) is 0 Å². The number of hydrogen-bond acceptors (Lipinski definition) is 3. The summed E-state index contributed by atoms with van der Waals surface area (Å²) < 4.78 is 0. The largest absolute Gasteiger partial charge is 0.394 e. The van der Waals surface area contributed by atoms with E-state index in [1.165, 1.54) is 0 Å². The lowest BCUT2D eigenvalue weighted by Gasteiger charge is -2.22. The minimum absolute atomic E-state index is 0.0612. The van der Waals surface area contributed by atoms with Crippen molar-refractivity contribution in [2.24, 2.45) is 11.8 Å². The number of carbonyl (C=O) groups excluding carboxylic acids is 2. The fourth-order valence-corrected chi connectivity index (χ4v) is 2.69. The number of rotatable bonds is 7. The van der Waals surface area contributed by atoms with E-state index in [1.807, 2.05) is 19.9 Å². The van der Waals surface area contributed by atoms with Crippen LogP contribution in [0.5, 0.6) is 0 Å². The monoisotopic (exact) mass is 318 g/mol. The summed E-state index contributed by atoms with van der Waals surface area (Å²) in [6.07, 6.45) is 2.57. The average molecular weight is 318 g/mol. The molecule has 2 rings (SSSR count). The van der Waals surface area contributed by atoms with E-state index in [2.05, 4.69) is 5.32 Å². The number of nitrogens with zero attached hydrogens (tertiary/aromatic N) is 1. The Kier molecular flexibility index (Phi) is 5.77. The molecule has 1 aliphatic carbocycles. The summed E-state index contributed by atoms with van der Waals surface area (Å²) in [7, 11) is 1.71. The lowest BCUT2D eigenvalue weighted by molar-refractivity contribution is -0.119. The van der Waals surface area contributed by atoms with Crippen LogP contribution in [0.15, 0.2) is 24.3 Å². The number of hydrogen-bond donors (Lipinski definition) is 2. The number of amides is 2. The Morgan fingerprint density at radius 1 is 1.30 bits per heavy atom. The molecule has 1 unspecified atom stereocenters. The molecule has 1 saturated carbocycles. The highest BCUT2D eigenvalue weighted by Gasteiger charge is 2.33. The normalized spacial score (nSPS) is 15.3. The molecule has 23 heavy (non-hydrogen) atoms. The third-order valence-electron chi connectivity index (χ3n) is 4.08. The van der Waals surface area contributed by atoms with Gasteiger partial charge in [-0.3, -0.25) is 9.59 Å². The Morgan fingerprint density at radius 2 is 1.96 bits per heavy atom. The maximum absolute atomic E-state index is 12.6. The molecule has 1 fully saturated rings. The van der Waals surface area contributed by atoms with Gasteiger partial charge in [-0.2, -0.15) is 0 Å². The van der Waals surface area contributed by atoms with Gasteiger partial charge in [-0.15, -0.1) is 0 Å². The molecule has 5 nitrogen and oxygen atoms in total. The number of aliphatic hydroxyl groups excluding tert-OH is 1. The first-order valence-corrected chi connectivity index (χ1v) is 8.22. The minimum atomic E-state index is -0.278. The first-order valence-electron chi connectivity index (χ1n) is 8.22. The molecule has 0 bridgehead atoms. The summed E-state index contributed by atoms with van der Waals surface area (Å²) >= 11 is 0. The fraction of sp³-hybridized carbons (Fsp3) is 0.556. The second-order valence-corrected chi connectivity index (χ2v) is 6.67. The zero-order chi connectivity index (χ0) is 17.0. The van der Waals surface area contributed by atoms with Gasteiger partial charge in [0.05, 0.1) is 23.9 Å². The highest BCUT2D eigenvalue weighted by molar-refractivity contribution is 6.05. The van der Waals surface area contributed by atoms with Gasteiger partial charge >= 0.3 is 0 Å². The predicted octanol–water partition coefficient (Wildman–Crippen LogP) is 2.20. The fourth-order valence-electron chi connectivity index (χ4n) is 2.69. The first-order chi connectivity index (χ1) is 10.9. The van der Waals surface area contributed by atoms with Crippen molar-refractivity contribution in [3.63, 3.8) is 0 Å². The lowest BCUT2D eigenvalue weighted by atomic mass is 10.0. The van der Waals surface area contributed by atoms with Crippen molar-refractivity contribution in [2.45, 2.75) is 39.2 Å². The molecule has 1 aliphatic rings. The molecule has 0 saturated heterocycles. The van der Waals surface area contributed by atoms with Crippen LogP contribution in [0.2, 0.25) is 0 Å².